The molecule has 0 bridgehead atoms. The molecule has 0 fully saturated rings. The van der Waals surface area contributed by atoms with E-state index >= 15 is 0 Å². The second-order valence-corrected chi connectivity index (χ2v) is 3.22. The summed E-state index contributed by atoms with van der Waals surface area (Å²) in [5.41, 5.74) is -0.282. The molecule has 6 nitrogen and oxygen atoms in total. The summed E-state index contributed by atoms with van der Waals surface area (Å²) in [5, 5.41) is 10.5. The first-order chi connectivity index (χ1) is 7.41. The fourth-order valence-electron chi connectivity index (χ4n) is 0.856. The number of ether oxygens (including phenoxy) is 1. The summed E-state index contributed by atoms with van der Waals surface area (Å²) >= 11 is 5.64. The van der Waals surface area contributed by atoms with Gasteiger partial charge in [0, 0.05) is 13.0 Å². The Morgan fingerprint density at radius 3 is 2.56 bits per heavy atom. The molecular weight excluding hydrogens is 238 g/mol. The van der Waals surface area contributed by atoms with Crippen LogP contribution in [0.4, 0.5) is 5.69 Å². The van der Waals surface area contributed by atoms with E-state index in [0.29, 0.717) is 0 Å². The largest absolute Gasteiger partial charge is 0.419 e. The van der Waals surface area contributed by atoms with Gasteiger partial charge >= 0.3 is 5.97 Å². The topological polar surface area (TPSA) is 86.5 Å². The third-order valence-electron chi connectivity index (χ3n) is 1.62. The highest BCUT2D eigenvalue weighted by Crippen LogP contribution is 2.28. The Morgan fingerprint density at radius 1 is 1.44 bits per heavy atom. The minimum Gasteiger partial charge on any atom is -0.419 e. The molecule has 16 heavy (non-hydrogen) atoms. The van der Waals surface area contributed by atoms with Gasteiger partial charge in [-0.05, 0) is 6.07 Å². The van der Waals surface area contributed by atoms with Crippen molar-refractivity contribution in [1.29, 1.82) is 0 Å². The zero-order valence-electron chi connectivity index (χ0n) is 8.10. The molecule has 0 radical (unpaired) electrons. The number of hydrogen-bond donors (Lipinski definition) is 0. The molecule has 1 aromatic rings. The number of hydrogen-bond acceptors (Lipinski definition) is 5. The molecule has 0 aliphatic carbocycles. The molecule has 0 spiro atoms. The number of esters is 1. The van der Waals surface area contributed by atoms with Crippen LogP contribution in [0.3, 0.4) is 0 Å². The number of Topliss-reactive ketones (excluding diaryl/α,β-unsaturated/α-hetero) is 1. The first-order valence-corrected chi connectivity index (χ1v) is 4.46. The fourth-order valence-corrected chi connectivity index (χ4v) is 1.01. The standard InChI is InChI=1S/C9H6ClNO5/c1-5(12)9(13)16-8-4-6(11(14)15)2-3-7(8)10/h2-4H,1H3. The number of nitro benzene ring substituents is 1. The number of nitrogens with zero attached hydrogens (tertiary/aromatic N) is 1. The van der Waals surface area contributed by atoms with Gasteiger partial charge in [0.15, 0.2) is 5.75 Å². The maximum Gasteiger partial charge on any atom is 0.379 e. The van der Waals surface area contributed by atoms with Crippen molar-refractivity contribution in [3.05, 3.63) is 33.3 Å². The van der Waals surface area contributed by atoms with Crippen LogP contribution < -0.4 is 4.74 Å². The van der Waals surface area contributed by atoms with Crippen molar-refractivity contribution < 1.29 is 19.2 Å². The number of carbonyl (C=O) groups excluding carboxylic acids is 2. The van der Waals surface area contributed by atoms with E-state index in [1.165, 1.54) is 6.07 Å². The predicted octanol–water partition coefficient (Wildman–Crippen LogP) is 1.74. The molecule has 0 aromatic heterocycles. The first kappa shape index (κ1) is 12.1. The maximum atomic E-state index is 10.9. The zero-order chi connectivity index (χ0) is 12.3. The van der Waals surface area contributed by atoms with Gasteiger partial charge in [-0.15, -0.1) is 0 Å². The van der Waals surface area contributed by atoms with Crippen LogP contribution >= 0.6 is 11.6 Å². The van der Waals surface area contributed by atoms with Gasteiger partial charge < -0.3 is 4.74 Å². The fraction of sp³-hybridized carbons (Fsp3) is 0.111. The molecule has 0 saturated heterocycles. The Hall–Kier alpha value is -1.95. The zero-order valence-corrected chi connectivity index (χ0v) is 8.85. The van der Waals surface area contributed by atoms with E-state index in [2.05, 4.69) is 4.74 Å². The lowest BCUT2D eigenvalue weighted by molar-refractivity contribution is -0.384. The highest BCUT2D eigenvalue weighted by molar-refractivity contribution is 6.35. The van der Waals surface area contributed by atoms with Crippen molar-refractivity contribution in [3.8, 4) is 5.75 Å². The number of carbonyl (C=O) groups is 2. The van der Waals surface area contributed by atoms with Crippen molar-refractivity contribution in [2.75, 3.05) is 0 Å². The Balaban J connectivity index is 3.03. The van der Waals surface area contributed by atoms with Gasteiger partial charge in [0.25, 0.3) is 5.69 Å². The average Bonchev–Trinajstić information content (AvgIpc) is 2.20. The first-order valence-electron chi connectivity index (χ1n) is 4.08. The number of non-ortho nitro benzene ring substituents is 1. The smallest absolute Gasteiger partial charge is 0.379 e. The number of rotatable bonds is 3. The number of benzene rings is 1. The van der Waals surface area contributed by atoms with Gasteiger partial charge in [-0.1, -0.05) is 11.6 Å². The molecule has 7 heteroatoms. The molecule has 0 N–H and O–H groups in total. The van der Waals surface area contributed by atoms with E-state index in [9.17, 15) is 19.7 Å². The monoisotopic (exact) mass is 243 g/mol. The SMILES string of the molecule is CC(=O)C(=O)Oc1cc([N+](=O)[O-])ccc1Cl. The minimum absolute atomic E-state index is 0.0141. The summed E-state index contributed by atoms with van der Waals surface area (Å²) in [7, 11) is 0. The van der Waals surface area contributed by atoms with Crippen LogP contribution in [0.15, 0.2) is 18.2 Å². The van der Waals surface area contributed by atoms with Gasteiger partial charge in [0.05, 0.1) is 16.0 Å². The Morgan fingerprint density at radius 2 is 2.06 bits per heavy atom. The lowest BCUT2D eigenvalue weighted by Gasteiger charge is -2.03. The molecule has 0 atom stereocenters. The highest BCUT2D eigenvalue weighted by Gasteiger charge is 2.16. The summed E-state index contributed by atoms with van der Waals surface area (Å²) in [6.07, 6.45) is 0. The summed E-state index contributed by atoms with van der Waals surface area (Å²) in [5.74, 6) is -2.15. The Kier molecular flexibility index (Phi) is 3.57. The summed E-state index contributed by atoms with van der Waals surface area (Å²) in [4.78, 5) is 31.3. The Bertz CT molecular complexity index is 471. The summed E-state index contributed by atoms with van der Waals surface area (Å²) < 4.78 is 4.57. The second kappa shape index (κ2) is 4.71. The highest BCUT2D eigenvalue weighted by atomic mass is 35.5. The number of halogens is 1. The number of nitro groups is 1. The third-order valence-corrected chi connectivity index (χ3v) is 1.93. The van der Waals surface area contributed by atoms with Gasteiger partial charge in [-0.25, -0.2) is 4.79 Å². The normalized spacial score (nSPS) is 9.62. The van der Waals surface area contributed by atoms with Crippen LogP contribution in [0, 0.1) is 10.1 Å². The van der Waals surface area contributed by atoms with E-state index in [1.54, 1.807) is 0 Å². The molecule has 0 heterocycles. The van der Waals surface area contributed by atoms with E-state index < -0.39 is 16.7 Å². The van der Waals surface area contributed by atoms with Crippen LogP contribution in [0.25, 0.3) is 0 Å². The van der Waals surface area contributed by atoms with Crippen LogP contribution in [-0.4, -0.2) is 16.7 Å². The molecule has 0 aliphatic heterocycles. The molecule has 0 saturated carbocycles. The molecule has 1 rings (SSSR count). The predicted molar refractivity (Wildman–Crippen MR) is 54.4 cm³/mol. The lowest BCUT2D eigenvalue weighted by atomic mass is 10.3. The van der Waals surface area contributed by atoms with Gasteiger partial charge in [0.2, 0.25) is 5.78 Å². The van der Waals surface area contributed by atoms with Crippen LogP contribution in [0.2, 0.25) is 5.02 Å². The molecule has 84 valence electrons. The molecule has 0 unspecified atom stereocenters. The van der Waals surface area contributed by atoms with E-state index in [0.717, 1.165) is 19.1 Å². The Labute approximate surface area is 94.9 Å². The van der Waals surface area contributed by atoms with Crippen molar-refractivity contribution >= 4 is 29.0 Å². The molecule has 1 aromatic carbocycles. The van der Waals surface area contributed by atoms with Gasteiger partial charge in [0.1, 0.15) is 0 Å². The molecule has 0 amide bonds. The summed E-state index contributed by atoms with van der Waals surface area (Å²) in [6.45, 7) is 1.02. The van der Waals surface area contributed by atoms with E-state index in [-0.39, 0.29) is 16.5 Å². The molecular formula is C9H6ClNO5. The van der Waals surface area contributed by atoms with E-state index in [4.69, 9.17) is 11.6 Å². The van der Waals surface area contributed by atoms with Crippen molar-refractivity contribution in [1.82, 2.24) is 0 Å². The van der Waals surface area contributed by atoms with Crippen LogP contribution in [-0.2, 0) is 9.59 Å². The van der Waals surface area contributed by atoms with Crippen LogP contribution in [0.1, 0.15) is 6.92 Å². The van der Waals surface area contributed by atoms with Gasteiger partial charge in [-0.3, -0.25) is 14.9 Å². The lowest BCUT2D eigenvalue weighted by Crippen LogP contribution is -2.17. The maximum absolute atomic E-state index is 10.9. The van der Waals surface area contributed by atoms with Crippen LogP contribution in [0.5, 0.6) is 5.75 Å². The average molecular weight is 244 g/mol. The third kappa shape index (κ3) is 2.77. The van der Waals surface area contributed by atoms with Crippen molar-refractivity contribution in [3.63, 3.8) is 0 Å². The number of ketones is 1. The quantitative estimate of drug-likeness (QED) is 0.265. The summed E-state index contributed by atoms with van der Waals surface area (Å²) in [6, 6.07) is 3.35. The van der Waals surface area contributed by atoms with Crippen molar-refractivity contribution in [2.24, 2.45) is 0 Å². The van der Waals surface area contributed by atoms with E-state index in [1.807, 2.05) is 0 Å². The molecule has 0 aliphatic rings. The minimum atomic E-state index is -1.12. The van der Waals surface area contributed by atoms with Gasteiger partial charge in [-0.2, -0.15) is 0 Å². The second-order valence-electron chi connectivity index (χ2n) is 2.82. The van der Waals surface area contributed by atoms with Crippen molar-refractivity contribution in [2.45, 2.75) is 6.92 Å².